The van der Waals surface area contributed by atoms with Crippen LogP contribution in [0.4, 0.5) is 18.9 Å². The summed E-state index contributed by atoms with van der Waals surface area (Å²) in [5.41, 5.74) is 4.92. The summed E-state index contributed by atoms with van der Waals surface area (Å²) in [5.74, 6) is -2.85. The summed E-state index contributed by atoms with van der Waals surface area (Å²) in [5, 5.41) is 13.8. The van der Waals surface area contributed by atoms with E-state index in [2.05, 4.69) is 22.1 Å². The van der Waals surface area contributed by atoms with Crippen LogP contribution in [0.3, 0.4) is 0 Å². The van der Waals surface area contributed by atoms with Crippen molar-refractivity contribution in [3.63, 3.8) is 0 Å². The lowest BCUT2D eigenvalue weighted by Crippen LogP contribution is -2.51. The molecule has 0 spiro atoms. The summed E-state index contributed by atoms with van der Waals surface area (Å²) >= 11 is 0. The summed E-state index contributed by atoms with van der Waals surface area (Å²) in [7, 11) is 0. The summed E-state index contributed by atoms with van der Waals surface area (Å²) in [6, 6.07) is 12.6. The van der Waals surface area contributed by atoms with Gasteiger partial charge in [0.2, 0.25) is 0 Å². The van der Waals surface area contributed by atoms with Gasteiger partial charge in [0, 0.05) is 42.7 Å². The molecule has 0 bridgehead atoms. The number of aromatic hydroxyl groups is 1. The van der Waals surface area contributed by atoms with Crippen LogP contribution in [0.5, 0.6) is 5.75 Å². The Hall–Kier alpha value is -3.58. The zero-order chi connectivity index (χ0) is 25.4. The number of phenolic OH excluding ortho intramolecular Hbond substituents is 1. The van der Waals surface area contributed by atoms with Crippen LogP contribution in [-0.2, 0) is 0 Å². The third-order valence-corrected chi connectivity index (χ3v) is 6.68. The second-order valence-corrected chi connectivity index (χ2v) is 9.53. The quantitative estimate of drug-likeness (QED) is 0.292. The van der Waals surface area contributed by atoms with Crippen LogP contribution in [0.1, 0.15) is 18.9 Å². The van der Waals surface area contributed by atoms with Gasteiger partial charge in [0.05, 0.1) is 11.2 Å². The van der Waals surface area contributed by atoms with Crippen LogP contribution in [0.2, 0.25) is 0 Å². The Morgan fingerprint density at radius 3 is 2.42 bits per heavy atom. The molecule has 0 aliphatic carbocycles. The molecule has 0 unspecified atom stereocenters. The van der Waals surface area contributed by atoms with Gasteiger partial charge in [0.25, 0.3) is 0 Å². The number of anilines is 1. The molecule has 1 fully saturated rings. The van der Waals surface area contributed by atoms with Crippen LogP contribution in [0, 0.1) is 30.3 Å². The first-order valence-corrected chi connectivity index (χ1v) is 12.2. The first kappa shape index (κ1) is 24.1. The number of nitrogens with zero attached hydrogens (tertiary/aromatic N) is 2. The molecule has 5 rings (SSSR count). The molecule has 3 aromatic carbocycles. The molecule has 36 heavy (non-hydrogen) atoms. The van der Waals surface area contributed by atoms with Gasteiger partial charge in [0.15, 0.2) is 17.4 Å². The molecule has 2 heterocycles. The molecule has 1 aliphatic rings. The molecule has 1 aromatic heterocycles. The zero-order valence-corrected chi connectivity index (χ0v) is 20.3. The van der Waals surface area contributed by atoms with E-state index in [1.165, 1.54) is 12.1 Å². The lowest BCUT2D eigenvalue weighted by atomic mass is 9.92. The number of pyridine rings is 1. The maximum Gasteiger partial charge on any atom is 0.187 e. The van der Waals surface area contributed by atoms with Crippen LogP contribution in [-0.4, -0.2) is 36.3 Å². The van der Waals surface area contributed by atoms with Gasteiger partial charge in [-0.1, -0.05) is 19.1 Å². The van der Waals surface area contributed by atoms with Crippen molar-refractivity contribution in [2.45, 2.75) is 20.3 Å². The van der Waals surface area contributed by atoms with Gasteiger partial charge < -0.3 is 15.3 Å². The molecule has 4 nitrogen and oxygen atoms in total. The Morgan fingerprint density at radius 1 is 0.972 bits per heavy atom. The molecule has 0 amide bonds. The highest BCUT2D eigenvalue weighted by Gasteiger charge is 2.30. The van der Waals surface area contributed by atoms with Gasteiger partial charge in [-0.05, 0) is 78.5 Å². The number of phenols is 1. The Bertz CT molecular complexity index is 1390. The smallest absolute Gasteiger partial charge is 0.187 e. The molecule has 4 aromatic rings. The van der Waals surface area contributed by atoms with Crippen molar-refractivity contribution in [2.24, 2.45) is 5.92 Å². The third kappa shape index (κ3) is 4.63. The van der Waals surface area contributed by atoms with Gasteiger partial charge in [-0.15, -0.1) is 0 Å². The van der Waals surface area contributed by atoms with Crippen molar-refractivity contribution in [3.05, 3.63) is 77.7 Å². The average Bonchev–Trinajstić information content (AvgIpc) is 2.82. The van der Waals surface area contributed by atoms with E-state index in [1.807, 2.05) is 25.1 Å². The number of hydrogen-bond acceptors (Lipinski definition) is 4. The normalized spacial score (nSPS) is 13.9. The standard InChI is InChI=1S/C29H28F3N3O/c1-3-6-33-13-18-15-35(16-18)28-23-10-19(20-11-25(31)29(36)26(32)12-20)4-5-27(23)34-14-24(28)21-7-17(2)8-22(30)9-21/h4-5,7-12,14,18,33,36H,3,6,13,15-16H2,1-2H3. The molecule has 1 saturated heterocycles. The van der Waals surface area contributed by atoms with E-state index in [-0.39, 0.29) is 5.82 Å². The monoisotopic (exact) mass is 491 g/mol. The van der Waals surface area contributed by atoms with Crippen LogP contribution >= 0.6 is 0 Å². The molecule has 1 aliphatic heterocycles. The first-order valence-electron chi connectivity index (χ1n) is 12.2. The minimum atomic E-state index is -1.02. The van der Waals surface area contributed by atoms with Crippen LogP contribution < -0.4 is 10.2 Å². The fraction of sp³-hybridized carbons (Fsp3) is 0.276. The fourth-order valence-corrected chi connectivity index (χ4v) is 4.90. The van der Waals surface area contributed by atoms with E-state index in [0.29, 0.717) is 17.0 Å². The Balaban J connectivity index is 1.63. The fourth-order valence-electron chi connectivity index (χ4n) is 4.90. The van der Waals surface area contributed by atoms with Crippen LogP contribution in [0.25, 0.3) is 33.2 Å². The second-order valence-electron chi connectivity index (χ2n) is 9.53. The van der Waals surface area contributed by atoms with Crippen molar-refractivity contribution < 1.29 is 18.3 Å². The molecule has 0 radical (unpaired) electrons. The summed E-state index contributed by atoms with van der Waals surface area (Å²) < 4.78 is 42.5. The highest BCUT2D eigenvalue weighted by molar-refractivity contribution is 6.02. The molecule has 0 atom stereocenters. The van der Waals surface area contributed by atoms with E-state index in [4.69, 9.17) is 0 Å². The predicted octanol–water partition coefficient (Wildman–Crippen LogP) is 6.44. The topological polar surface area (TPSA) is 48.4 Å². The number of aromatic nitrogens is 1. The Kier molecular flexibility index (Phi) is 6.58. The van der Waals surface area contributed by atoms with E-state index in [9.17, 15) is 18.3 Å². The highest BCUT2D eigenvalue weighted by atomic mass is 19.1. The maximum absolute atomic E-state index is 14.4. The predicted molar refractivity (Wildman–Crippen MR) is 138 cm³/mol. The van der Waals surface area contributed by atoms with Crippen molar-refractivity contribution in [1.82, 2.24) is 10.3 Å². The number of halogens is 3. The minimum Gasteiger partial charge on any atom is -0.503 e. The van der Waals surface area contributed by atoms with E-state index >= 15 is 0 Å². The number of benzene rings is 3. The minimum absolute atomic E-state index is 0.313. The highest BCUT2D eigenvalue weighted by Crippen LogP contribution is 2.41. The average molecular weight is 492 g/mol. The van der Waals surface area contributed by atoms with E-state index < -0.39 is 17.4 Å². The molecule has 186 valence electrons. The van der Waals surface area contributed by atoms with Gasteiger partial charge in [-0.25, -0.2) is 13.2 Å². The molecule has 7 heteroatoms. The molecular formula is C29H28F3N3O. The lowest BCUT2D eigenvalue weighted by Gasteiger charge is -2.42. The molecule has 2 N–H and O–H groups in total. The van der Waals surface area contributed by atoms with Crippen molar-refractivity contribution in [2.75, 3.05) is 31.1 Å². The van der Waals surface area contributed by atoms with E-state index in [1.54, 1.807) is 12.3 Å². The zero-order valence-electron chi connectivity index (χ0n) is 20.3. The van der Waals surface area contributed by atoms with Crippen molar-refractivity contribution in [3.8, 4) is 28.0 Å². The largest absolute Gasteiger partial charge is 0.503 e. The maximum atomic E-state index is 14.4. The lowest BCUT2D eigenvalue weighted by molar-refractivity contribution is 0.387. The Morgan fingerprint density at radius 2 is 1.72 bits per heavy atom. The molecule has 0 saturated carbocycles. The van der Waals surface area contributed by atoms with Crippen molar-refractivity contribution in [1.29, 1.82) is 0 Å². The number of fused-ring (bicyclic) bond motifs is 1. The van der Waals surface area contributed by atoms with Crippen molar-refractivity contribution >= 4 is 16.6 Å². The summed E-state index contributed by atoms with van der Waals surface area (Å²) in [6.07, 6.45) is 2.85. The van der Waals surface area contributed by atoms with E-state index in [0.717, 1.165) is 78.0 Å². The molecular weight excluding hydrogens is 463 g/mol. The second kappa shape index (κ2) is 9.82. The third-order valence-electron chi connectivity index (χ3n) is 6.68. The van der Waals surface area contributed by atoms with Gasteiger partial charge in [-0.3, -0.25) is 4.98 Å². The van der Waals surface area contributed by atoms with Crippen LogP contribution in [0.15, 0.2) is 54.7 Å². The first-order chi connectivity index (χ1) is 17.3. The number of nitrogens with one attached hydrogen (secondary N) is 1. The summed E-state index contributed by atoms with van der Waals surface area (Å²) in [6.45, 7) is 7.57. The van der Waals surface area contributed by atoms with Gasteiger partial charge in [0.1, 0.15) is 5.82 Å². The number of rotatable bonds is 7. The Labute approximate surface area is 208 Å². The van der Waals surface area contributed by atoms with Gasteiger partial charge in [-0.2, -0.15) is 0 Å². The van der Waals surface area contributed by atoms with Gasteiger partial charge >= 0.3 is 0 Å². The SMILES string of the molecule is CCCNCC1CN(c2c(-c3cc(C)cc(F)c3)cnc3ccc(-c4cc(F)c(O)c(F)c4)cc23)C1. The number of hydrogen-bond donors (Lipinski definition) is 2. The summed E-state index contributed by atoms with van der Waals surface area (Å²) in [4.78, 5) is 6.90. The number of aryl methyl sites for hydroxylation is 1.